The minimum Gasteiger partial charge on any atom is -0.496 e. The van der Waals surface area contributed by atoms with Gasteiger partial charge in [0, 0.05) is 24.4 Å². The van der Waals surface area contributed by atoms with Gasteiger partial charge in [0.2, 0.25) is 5.91 Å². The van der Waals surface area contributed by atoms with Crippen LogP contribution in [0.1, 0.15) is 54.2 Å². The summed E-state index contributed by atoms with van der Waals surface area (Å²) >= 11 is 1.24. The monoisotopic (exact) mass is 586 g/mol. The predicted molar refractivity (Wildman–Crippen MR) is 151 cm³/mol. The lowest BCUT2D eigenvalue weighted by Gasteiger charge is -2.19. The van der Waals surface area contributed by atoms with Crippen LogP contribution in [0, 0.1) is 12.8 Å². The van der Waals surface area contributed by atoms with Gasteiger partial charge in [-0.2, -0.15) is 13.2 Å². The number of nitrogens with one attached hydrogen (secondary N) is 2. The number of ether oxygens (including phenoxy) is 1. The van der Waals surface area contributed by atoms with E-state index in [-0.39, 0.29) is 28.8 Å². The second-order valence-electron chi connectivity index (χ2n) is 9.86. The van der Waals surface area contributed by atoms with Gasteiger partial charge in [0.25, 0.3) is 5.91 Å². The summed E-state index contributed by atoms with van der Waals surface area (Å²) in [6, 6.07) is 7.31. The average molecular weight is 587 g/mol. The van der Waals surface area contributed by atoms with Gasteiger partial charge in [0.05, 0.1) is 29.4 Å². The summed E-state index contributed by atoms with van der Waals surface area (Å²) < 4.78 is 48.3. The molecule has 0 spiro atoms. The molecular formula is C28H29F3N6O3S. The van der Waals surface area contributed by atoms with Crippen molar-refractivity contribution < 1.29 is 27.5 Å². The third kappa shape index (κ3) is 7.09. The van der Waals surface area contributed by atoms with E-state index >= 15 is 0 Å². The summed E-state index contributed by atoms with van der Waals surface area (Å²) in [4.78, 5) is 29.3. The molecule has 0 unspecified atom stereocenters. The third-order valence-corrected chi connectivity index (χ3v) is 7.11. The van der Waals surface area contributed by atoms with Gasteiger partial charge in [0.1, 0.15) is 11.4 Å². The molecule has 2 heterocycles. The highest BCUT2D eigenvalue weighted by molar-refractivity contribution is 7.19. The van der Waals surface area contributed by atoms with Gasteiger partial charge in [0.15, 0.2) is 5.13 Å². The van der Waals surface area contributed by atoms with Crippen molar-refractivity contribution in [2.45, 2.75) is 46.7 Å². The molecule has 4 aromatic rings. The number of nitrogens with zero attached hydrogens (tertiary/aromatic N) is 4. The largest absolute Gasteiger partial charge is 0.496 e. The zero-order valence-electron chi connectivity index (χ0n) is 23.1. The number of anilines is 2. The number of thiazole rings is 1. The average Bonchev–Trinajstić information content (AvgIpc) is 3.56. The topological polar surface area (TPSA) is 111 Å². The number of alkyl halides is 3. The molecule has 2 aromatic carbocycles. The standard InChI is InChI=1S/C28H29F3N6O3S/c1-15(2)6-8-18-10-20(12-21(25(18)40-5)28(29,30)31)34-26(39)19-9-7-16(3)23(11-19)37-14-22(35-36-37)24-13-32-27(41-24)33-17(4)38/h7,9-15H,6,8H2,1-5H3,(H,34,39)(H,32,33,38). The molecule has 0 radical (unpaired) electrons. The first-order chi connectivity index (χ1) is 19.3. The number of aromatic nitrogens is 4. The summed E-state index contributed by atoms with van der Waals surface area (Å²) in [5, 5.41) is 14.0. The molecule has 2 N–H and O–H groups in total. The summed E-state index contributed by atoms with van der Waals surface area (Å²) in [6.07, 6.45) is -0.414. The van der Waals surface area contributed by atoms with Crippen LogP contribution in [0.4, 0.5) is 24.0 Å². The summed E-state index contributed by atoms with van der Waals surface area (Å²) in [5.74, 6) is -0.787. The van der Waals surface area contributed by atoms with Crippen LogP contribution in [0.3, 0.4) is 0 Å². The molecule has 0 saturated carbocycles. The van der Waals surface area contributed by atoms with E-state index in [0.29, 0.717) is 39.8 Å². The van der Waals surface area contributed by atoms with Crippen molar-refractivity contribution in [1.29, 1.82) is 0 Å². The molecule has 216 valence electrons. The first-order valence-electron chi connectivity index (χ1n) is 12.7. The maximum absolute atomic E-state index is 13.9. The molecule has 2 amide bonds. The lowest BCUT2D eigenvalue weighted by atomic mass is 9.98. The number of aryl methyl sites for hydroxylation is 2. The van der Waals surface area contributed by atoms with Crippen LogP contribution >= 0.6 is 11.3 Å². The van der Waals surface area contributed by atoms with Gasteiger partial charge in [-0.25, -0.2) is 9.67 Å². The molecule has 2 aromatic heterocycles. The lowest BCUT2D eigenvalue weighted by Crippen LogP contribution is -2.16. The van der Waals surface area contributed by atoms with Crippen molar-refractivity contribution >= 4 is 34.0 Å². The Morgan fingerprint density at radius 1 is 1.15 bits per heavy atom. The maximum Gasteiger partial charge on any atom is 0.420 e. The van der Waals surface area contributed by atoms with Crippen molar-refractivity contribution in [3.05, 3.63) is 65.0 Å². The Morgan fingerprint density at radius 2 is 1.90 bits per heavy atom. The van der Waals surface area contributed by atoms with Gasteiger partial charge >= 0.3 is 6.18 Å². The number of halogens is 3. The van der Waals surface area contributed by atoms with E-state index in [1.165, 1.54) is 36.1 Å². The molecule has 0 fully saturated rings. The first kappa shape index (κ1) is 29.7. The van der Waals surface area contributed by atoms with E-state index < -0.39 is 17.6 Å². The zero-order chi connectivity index (χ0) is 29.9. The highest BCUT2D eigenvalue weighted by atomic mass is 32.1. The summed E-state index contributed by atoms with van der Waals surface area (Å²) in [6.45, 7) is 7.19. The van der Waals surface area contributed by atoms with Crippen LogP contribution in [0.5, 0.6) is 5.75 Å². The molecule has 4 rings (SSSR count). The van der Waals surface area contributed by atoms with Crippen molar-refractivity contribution in [2.24, 2.45) is 5.92 Å². The fourth-order valence-electron chi connectivity index (χ4n) is 4.14. The molecule has 13 heteroatoms. The molecule has 0 saturated heterocycles. The molecule has 0 aliphatic carbocycles. The SMILES string of the molecule is COc1c(CCC(C)C)cc(NC(=O)c2ccc(C)c(-n3cc(-c4cnc(NC(C)=O)s4)nn3)c2)cc1C(F)(F)F. The van der Waals surface area contributed by atoms with Crippen molar-refractivity contribution in [3.8, 4) is 22.0 Å². The Kier molecular flexibility index (Phi) is 8.76. The number of carbonyl (C=O) groups is 2. The highest BCUT2D eigenvalue weighted by Gasteiger charge is 2.36. The quantitative estimate of drug-likeness (QED) is 0.231. The first-order valence-corrected chi connectivity index (χ1v) is 13.5. The van der Waals surface area contributed by atoms with Crippen LogP contribution < -0.4 is 15.4 Å². The van der Waals surface area contributed by atoms with Crippen LogP contribution in [-0.2, 0) is 17.4 Å². The van der Waals surface area contributed by atoms with Crippen molar-refractivity contribution in [3.63, 3.8) is 0 Å². The van der Waals surface area contributed by atoms with Crippen molar-refractivity contribution in [2.75, 3.05) is 17.7 Å². The molecule has 0 aliphatic heterocycles. The Balaban J connectivity index is 1.62. The number of carbonyl (C=O) groups excluding carboxylic acids is 2. The number of rotatable bonds is 9. The van der Waals surface area contributed by atoms with Gasteiger partial charge in [-0.15, -0.1) is 5.10 Å². The Bertz CT molecular complexity index is 1580. The van der Waals surface area contributed by atoms with E-state index in [1.54, 1.807) is 30.6 Å². The van der Waals surface area contributed by atoms with Gasteiger partial charge in [-0.3, -0.25) is 9.59 Å². The normalized spacial score (nSPS) is 11.5. The van der Waals surface area contributed by atoms with E-state index in [2.05, 4.69) is 25.9 Å². The number of hydrogen-bond acceptors (Lipinski definition) is 7. The number of benzene rings is 2. The van der Waals surface area contributed by atoms with E-state index in [9.17, 15) is 22.8 Å². The highest BCUT2D eigenvalue weighted by Crippen LogP contribution is 2.41. The van der Waals surface area contributed by atoms with E-state index in [0.717, 1.165) is 11.6 Å². The number of amides is 2. The predicted octanol–water partition coefficient (Wildman–Crippen LogP) is 6.53. The van der Waals surface area contributed by atoms with Crippen LogP contribution in [0.15, 0.2) is 42.7 Å². The molecule has 0 aliphatic rings. The van der Waals surface area contributed by atoms with Crippen LogP contribution in [0.25, 0.3) is 16.3 Å². The molecule has 0 bridgehead atoms. The summed E-state index contributed by atoms with van der Waals surface area (Å²) in [7, 11) is 1.21. The molecule has 9 nitrogen and oxygen atoms in total. The molecular weight excluding hydrogens is 557 g/mol. The zero-order valence-corrected chi connectivity index (χ0v) is 23.9. The van der Waals surface area contributed by atoms with Crippen molar-refractivity contribution in [1.82, 2.24) is 20.0 Å². The van der Waals surface area contributed by atoms with Gasteiger partial charge < -0.3 is 15.4 Å². The van der Waals surface area contributed by atoms with Gasteiger partial charge in [-0.05, 0) is 61.1 Å². The minimum atomic E-state index is -4.67. The van der Waals surface area contributed by atoms with E-state index in [4.69, 9.17) is 4.74 Å². The summed E-state index contributed by atoms with van der Waals surface area (Å²) in [5.41, 5.74) is 1.54. The number of methoxy groups -OCH3 is 1. The van der Waals surface area contributed by atoms with Gasteiger partial charge in [-0.1, -0.05) is 36.5 Å². The fourth-order valence-corrected chi connectivity index (χ4v) is 4.95. The third-order valence-electron chi connectivity index (χ3n) is 6.18. The van der Waals surface area contributed by atoms with Crippen LogP contribution in [0.2, 0.25) is 0 Å². The second-order valence-corrected chi connectivity index (χ2v) is 10.9. The Labute approximate surface area is 238 Å². The molecule has 41 heavy (non-hydrogen) atoms. The van der Waals surface area contributed by atoms with E-state index in [1.807, 2.05) is 20.8 Å². The molecule has 0 atom stereocenters. The fraction of sp³-hybridized carbons (Fsp3) is 0.321. The Hall–Kier alpha value is -4.26. The van der Waals surface area contributed by atoms with Crippen LogP contribution in [-0.4, -0.2) is 38.9 Å². The minimum absolute atomic E-state index is 0.0206. The maximum atomic E-state index is 13.9. The smallest absolute Gasteiger partial charge is 0.420 e. The number of hydrogen-bond donors (Lipinski definition) is 2. The Morgan fingerprint density at radius 3 is 2.56 bits per heavy atom. The second kappa shape index (κ2) is 12.1. The lowest BCUT2D eigenvalue weighted by molar-refractivity contribution is -0.138.